The first-order valence-electron chi connectivity index (χ1n) is 4.38. The van der Waals surface area contributed by atoms with E-state index in [4.69, 9.17) is 5.11 Å². The smallest absolute Gasteiger partial charge is 0.324 e. The minimum Gasteiger partial charge on any atom is -0.480 e. The molecule has 0 amide bonds. The van der Waals surface area contributed by atoms with E-state index in [0.717, 1.165) is 6.92 Å². The molecule has 0 aromatic heterocycles. The molecule has 5 nitrogen and oxygen atoms in total. The van der Waals surface area contributed by atoms with Crippen molar-refractivity contribution in [2.75, 3.05) is 6.61 Å². The second-order valence-corrected chi connectivity index (χ2v) is 5.41. The highest BCUT2D eigenvalue weighted by atomic mass is 32.2. The Morgan fingerprint density at radius 2 is 1.86 bits per heavy atom. The van der Waals surface area contributed by atoms with Crippen LogP contribution in [-0.2, 0) is 19.1 Å². The minimum absolute atomic E-state index is 0.0393. The molecule has 0 bridgehead atoms. The topological polar surface area (TPSA) is 80.7 Å². The first kappa shape index (κ1) is 13.4. The van der Waals surface area contributed by atoms with Crippen LogP contribution in [0.2, 0.25) is 0 Å². The van der Waals surface area contributed by atoms with E-state index in [0.29, 0.717) is 12.3 Å². The molecule has 1 unspecified atom stereocenters. The van der Waals surface area contributed by atoms with E-state index in [2.05, 4.69) is 4.18 Å². The zero-order valence-electron chi connectivity index (χ0n) is 8.56. The van der Waals surface area contributed by atoms with Gasteiger partial charge in [0.15, 0.2) is 5.25 Å². The van der Waals surface area contributed by atoms with Crippen molar-refractivity contribution in [2.24, 2.45) is 5.92 Å². The van der Waals surface area contributed by atoms with Gasteiger partial charge in [-0.15, -0.1) is 0 Å². The average molecular weight is 224 g/mol. The molecule has 0 fully saturated rings. The van der Waals surface area contributed by atoms with Crippen LogP contribution in [0.25, 0.3) is 0 Å². The molecule has 0 aromatic carbocycles. The van der Waals surface area contributed by atoms with Crippen molar-refractivity contribution in [3.63, 3.8) is 0 Å². The van der Waals surface area contributed by atoms with Crippen LogP contribution in [0.1, 0.15) is 27.2 Å². The molecule has 1 atom stereocenters. The molecule has 0 aliphatic rings. The number of carboxylic acids is 1. The SMILES string of the molecule is CC(C)CCOS(=O)(=O)C(C)C(=O)O. The Kier molecular flexibility index (Phi) is 5.07. The molecule has 6 heteroatoms. The van der Waals surface area contributed by atoms with E-state index in [-0.39, 0.29) is 6.61 Å². The van der Waals surface area contributed by atoms with Crippen molar-refractivity contribution in [3.8, 4) is 0 Å². The zero-order chi connectivity index (χ0) is 11.4. The molecule has 84 valence electrons. The highest BCUT2D eigenvalue weighted by molar-refractivity contribution is 7.88. The second kappa shape index (κ2) is 5.31. The van der Waals surface area contributed by atoms with Gasteiger partial charge in [0.05, 0.1) is 6.61 Å². The molecule has 0 aromatic rings. The maximum absolute atomic E-state index is 11.2. The molecule has 0 radical (unpaired) electrons. The van der Waals surface area contributed by atoms with Gasteiger partial charge < -0.3 is 5.11 Å². The summed E-state index contributed by atoms with van der Waals surface area (Å²) in [4.78, 5) is 10.4. The van der Waals surface area contributed by atoms with Gasteiger partial charge >= 0.3 is 5.97 Å². The molecular weight excluding hydrogens is 208 g/mol. The van der Waals surface area contributed by atoms with Gasteiger partial charge in [0.25, 0.3) is 10.1 Å². The first-order valence-corrected chi connectivity index (χ1v) is 5.85. The van der Waals surface area contributed by atoms with Gasteiger partial charge in [-0.3, -0.25) is 8.98 Å². The van der Waals surface area contributed by atoms with E-state index in [1.165, 1.54) is 0 Å². The predicted octanol–water partition coefficient (Wildman–Crippen LogP) is 0.852. The summed E-state index contributed by atoms with van der Waals surface area (Å²) in [6, 6.07) is 0. The summed E-state index contributed by atoms with van der Waals surface area (Å²) in [5.74, 6) is -1.07. The van der Waals surface area contributed by atoms with Crippen molar-refractivity contribution < 1.29 is 22.5 Å². The Balaban J connectivity index is 4.16. The lowest BCUT2D eigenvalue weighted by Gasteiger charge is -2.09. The standard InChI is InChI=1S/C8H16O5S/c1-6(2)4-5-13-14(11,12)7(3)8(9)10/h6-7H,4-5H2,1-3H3,(H,9,10). The maximum Gasteiger partial charge on any atom is 0.324 e. The fourth-order valence-corrected chi connectivity index (χ4v) is 1.41. The van der Waals surface area contributed by atoms with Crippen LogP contribution in [-0.4, -0.2) is 31.4 Å². The summed E-state index contributed by atoms with van der Waals surface area (Å²) in [5.41, 5.74) is 0. The predicted molar refractivity (Wildman–Crippen MR) is 51.4 cm³/mol. The third-order valence-corrected chi connectivity index (χ3v) is 3.29. The first-order chi connectivity index (χ1) is 6.27. The Labute approximate surface area is 84.2 Å². The molecule has 0 aliphatic carbocycles. The largest absolute Gasteiger partial charge is 0.480 e. The molecule has 0 saturated heterocycles. The summed E-state index contributed by atoms with van der Waals surface area (Å²) in [6.45, 7) is 4.98. The quantitative estimate of drug-likeness (QED) is 0.676. The number of carboxylic acid groups (broad SMARTS) is 1. The lowest BCUT2D eigenvalue weighted by atomic mass is 10.2. The highest BCUT2D eigenvalue weighted by Gasteiger charge is 2.28. The summed E-state index contributed by atoms with van der Waals surface area (Å²) < 4.78 is 26.9. The van der Waals surface area contributed by atoms with Gasteiger partial charge in [-0.25, -0.2) is 0 Å². The summed E-state index contributed by atoms with van der Waals surface area (Å²) in [6.07, 6.45) is 0.589. The Bertz CT molecular complexity index is 280. The van der Waals surface area contributed by atoms with Crippen molar-refractivity contribution in [2.45, 2.75) is 32.4 Å². The van der Waals surface area contributed by atoms with Gasteiger partial charge in [0.1, 0.15) is 0 Å². The van der Waals surface area contributed by atoms with Gasteiger partial charge in [0.2, 0.25) is 0 Å². The van der Waals surface area contributed by atoms with Gasteiger partial charge in [-0.1, -0.05) is 13.8 Å². The van der Waals surface area contributed by atoms with Crippen LogP contribution >= 0.6 is 0 Å². The number of hydrogen-bond acceptors (Lipinski definition) is 4. The number of rotatable bonds is 6. The molecular formula is C8H16O5S. The van der Waals surface area contributed by atoms with E-state index >= 15 is 0 Å². The summed E-state index contributed by atoms with van der Waals surface area (Å²) in [5, 5.41) is 6.96. The lowest BCUT2D eigenvalue weighted by Crippen LogP contribution is -2.29. The fourth-order valence-electron chi connectivity index (χ4n) is 0.626. The van der Waals surface area contributed by atoms with Gasteiger partial charge in [-0.05, 0) is 19.3 Å². The van der Waals surface area contributed by atoms with Crippen LogP contribution in [0, 0.1) is 5.92 Å². The molecule has 0 spiro atoms. The molecule has 0 rings (SSSR count). The van der Waals surface area contributed by atoms with Crippen molar-refractivity contribution in [1.29, 1.82) is 0 Å². The van der Waals surface area contributed by atoms with Gasteiger partial charge in [0, 0.05) is 0 Å². The van der Waals surface area contributed by atoms with Crippen LogP contribution < -0.4 is 0 Å². The van der Waals surface area contributed by atoms with Crippen molar-refractivity contribution in [3.05, 3.63) is 0 Å². The molecule has 0 heterocycles. The van der Waals surface area contributed by atoms with Crippen LogP contribution in [0.5, 0.6) is 0 Å². The second-order valence-electron chi connectivity index (χ2n) is 3.48. The normalized spacial score (nSPS) is 14.3. The van der Waals surface area contributed by atoms with Crippen molar-refractivity contribution in [1.82, 2.24) is 0 Å². The van der Waals surface area contributed by atoms with Gasteiger partial charge in [-0.2, -0.15) is 8.42 Å². The molecule has 0 aliphatic heterocycles. The lowest BCUT2D eigenvalue weighted by molar-refractivity contribution is -0.136. The Hall–Kier alpha value is -0.620. The number of aliphatic carboxylic acids is 1. The third-order valence-electron chi connectivity index (χ3n) is 1.72. The van der Waals surface area contributed by atoms with E-state index in [1.807, 2.05) is 13.8 Å². The van der Waals surface area contributed by atoms with Crippen LogP contribution in [0.15, 0.2) is 0 Å². The van der Waals surface area contributed by atoms with Crippen molar-refractivity contribution >= 4 is 16.1 Å². The zero-order valence-corrected chi connectivity index (χ0v) is 9.37. The summed E-state index contributed by atoms with van der Waals surface area (Å²) in [7, 11) is -3.95. The Morgan fingerprint density at radius 1 is 1.36 bits per heavy atom. The highest BCUT2D eigenvalue weighted by Crippen LogP contribution is 2.07. The van der Waals surface area contributed by atoms with Crippen LogP contribution in [0.3, 0.4) is 0 Å². The third kappa shape index (κ3) is 4.57. The summed E-state index contributed by atoms with van der Waals surface area (Å²) >= 11 is 0. The molecule has 1 N–H and O–H groups in total. The number of carbonyl (C=O) groups is 1. The average Bonchev–Trinajstić information content (AvgIpc) is 2.01. The fraction of sp³-hybridized carbons (Fsp3) is 0.875. The minimum atomic E-state index is -3.95. The maximum atomic E-state index is 11.2. The molecule has 0 saturated carbocycles. The van der Waals surface area contributed by atoms with E-state index in [9.17, 15) is 13.2 Å². The van der Waals surface area contributed by atoms with E-state index < -0.39 is 21.3 Å². The Morgan fingerprint density at radius 3 is 2.21 bits per heavy atom. The van der Waals surface area contributed by atoms with Crippen LogP contribution in [0.4, 0.5) is 0 Å². The number of hydrogen-bond donors (Lipinski definition) is 1. The monoisotopic (exact) mass is 224 g/mol. The molecule has 14 heavy (non-hydrogen) atoms. The van der Waals surface area contributed by atoms with E-state index in [1.54, 1.807) is 0 Å².